The van der Waals surface area contributed by atoms with Crippen molar-refractivity contribution in [1.82, 2.24) is 15.3 Å². The Kier molecular flexibility index (Phi) is 6.68. The van der Waals surface area contributed by atoms with Crippen LogP contribution >= 0.6 is 0 Å². The molecule has 7 heteroatoms. The maximum Gasteiger partial charge on any atom is 0.229 e. The van der Waals surface area contributed by atoms with E-state index in [2.05, 4.69) is 31.8 Å². The van der Waals surface area contributed by atoms with Crippen LogP contribution < -0.4 is 20.7 Å². The minimum absolute atomic E-state index is 0.170. The van der Waals surface area contributed by atoms with E-state index in [1.54, 1.807) is 13.3 Å². The van der Waals surface area contributed by atoms with Crippen molar-refractivity contribution in [2.45, 2.75) is 25.7 Å². The molecule has 1 aromatic heterocycles. The first-order valence-electron chi connectivity index (χ1n) is 9.46. The van der Waals surface area contributed by atoms with Gasteiger partial charge in [0.2, 0.25) is 11.9 Å². The van der Waals surface area contributed by atoms with Gasteiger partial charge < -0.3 is 20.7 Å². The second kappa shape index (κ2) is 9.60. The second-order valence-electron chi connectivity index (χ2n) is 6.65. The maximum absolute atomic E-state index is 11.8. The van der Waals surface area contributed by atoms with Gasteiger partial charge in [-0.25, -0.2) is 4.98 Å². The van der Waals surface area contributed by atoms with E-state index in [-0.39, 0.29) is 11.8 Å². The number of hydrogen-bond donors (Lipinski definition) is 3. The van der Waals surface area contributed by atoms with Crippen molar-refractivity contribution in [3.63, 3.8) is 0 Å². The maximum atomic E-state index is 11.8. The number of methoxy groups -OCH3 is 1. The summed E-state index contributed by atoms with van der Waals surface area (Å²) in [5, 5.41) is 9.36. The van der Waals surface area contributed by atoms with E-state index in [0.29, 0.717) is 30.4 Å². The first kappa shape index (κ1) is 19.5. The molecule has 0 unspecified atom stereocenters. The van der Waals surface area contributed by atoms with E-state index in [1.807, 2.05) is 24.3 Å². The van der Waals surface area contributed by atoms with Crippen molar-refractivity contribution < 1.29 is 9.53 Å². The van der Waals surface area contributed by atoms with Crippen LogP contribution in [0, 0.1) is 18.3 Å². The number of carbonyl (C=O) groups is 1. The van der Waals surface area contributed by atoms with Crippen molar-refractivity contribution in [3.05, 3.63) is 36.0 Å². The Labute approximate surface area is 165 Å². The SMILES string of the molecule is C#Cc1cnc(Nc2ccc(OC)cc2)nc1NCCCNC(=O)C1CCC1. The highest BCUT2D eigenvalue weighted by Crippen LogP contribution is 2.26. The fraction of sp³-hybridized carbons (Fsp3) is 0.381. The van der Waals surface area contributed by atoms with Gasteiger partial charge in [-0.3, -0.25) is 4.79 Å². The Morgan fingerprint density at radius 2 is 2.07 bits per heavy atom. The lowest BCUT2D eigenvalue weighted by atomic mass is 9.85. The van der Waals surface area contributed by atoms with Crippen molar-refractivity contribution in [2.24, 2.45) is 5.92 Å². The molecule has 146 valence electrons. The first-order valence-corrected chi connectivity index (χ1v) is 9.46. The lowest BCUT2D eigenvalue weighted by Gasteiger charge is -2.24. The molecule has 0 saturated heterocycles. The lowest BCUT2D eigenvalue weighted by Crippen LogP contribution is -2.35. The topological polar surface area (TPSA) is 88.2 Å². The Balaban J connectivity index is 1.51. The smallest absolute Gasteiger partial charge is 0.229 e. The molecule has 1 amide bonds. The highest BCUT2D eigenvalue weighted by Gasteiger charge is 2.24. The van der Waals surface area contributed by atoms with Gasteiger partial charge >= 0.3 is 0 Å². The lowest BCUT2D eigenvalue weighted by molar-refractivity contribution is -0.127. The van der Waals surface area contributed by atoms with Crippen LogP contribution in [0.15, 0.2) is 30.5 Å². The monoisotopic (exact) mass is 379 g/mol. The van der Waals surface area contributed by atoms with E-state index < -0.39 is 0 Å². The van der Waals surface area contributed by atoms with Crippen LogP contribution in [-0.2, 0) is 4.79 Å². The molecule has 1 aliphatic rings. The molecule has 1 fully saturated rings. The first-order chi connectivity index (χ1) is 13.7. The number of nitrogens with zero attached hydrogens (tertiary/aromatic N) is 2. The molecule has 0 bridgehead atoms. The number of aromatic nitrogens is 2. The minimum atomic E-state index is 0.170. The molecule has 1 saturated carbocycles. The summed E-state index contributed by atoms with van der Waals surface area (Å²) >= 11 is 0. The highest BCUT2D eigenvalue weighted by atomic mass is 16.5. The molecule has 0 atom stereocenters. The molecule has 1 aromatic carbocycles. The highest BCUT2D eigenvalue weighted by molar-refractivity contribution is 5.79. The molecule has 1 aliphatic carbocycles. The number of benzene rings is 1. The molecule has 7 nitrogen and oxygen atoms in total. The van der Waals surface area contributed by atoms with E-state index in [9.17, 15) is 4.79 Å². The quantitative estimate of drug-likeness (QED) is 0.459. The molecule has 3 rings (SSSR count). The van der Waals surface area contributed by atoms with Gasteiger partial charge in [0.25, 0.3) is 0 Å². The number of carbonyl (C=O) groups excluding carboxylic acids is 1. The Hall–Kier alpha value is -3.27. The van der Waals surface area contributed by atoms with E-state index >= 15 is 0 Å². The summed E-state index contributed by atoms with van der Waals surface area (Å²) in [7, 11) is 1.63. The van der Waals surface area contributed by atoms with Crippen LogP contribution in [0.4, 0.5) is 17.5 Å². The Morgan fingerprint density at radius 3 is 2.71 bits per heavy atom. The fourth-order valence-corrected chi connectivity index (χ4v) is 2.81. The minimum Gasteiger partial charge on any atom is -0.497 e. The van der Waals surface area contributed by atoms with Crippen LogP contribution in [0.5, 0.6) is 5.75 Å². The summed E-state index contributed by atoms with van der Waals surface area (Å²) in [6.07, 6.45) is 11.1. The van der Waals surface area contributed by atoms with E-state index in [0.717, 1.165) is 37.1 Å². The summed E-state index contributed by atoms with van der Waals surface area (Å²) < 4.78 is 5.15. The number of hydrogen-bond acceptors (Lipinski definition) is 6. The van der Waals surface area contributed by atoms with Crippen molar-refractivity contribution in [3.8, 4) is 18.1 Å². The molecule has 3 N–H and O–H groups in total. The summed E-state index contributed by atoms with van der Waals surface area (Å²) in [6, 6.07) is 7.48. The number of amides is 1. The second-order valence-corrected chi connectivity index (χ2v) is 6.65. The average Bonchev–Trinajstić information content (AvgIpc) is 2.67. The number of terminal acetylenes is 1. The van der Waals surface area contributed by atoms with Crippen LogP contribution in [0.25, 0.3) is 0 Å². The van der Waals surface area contributed by atoms with Gasteiger partial charge in [-0.2, -0.15) is 4.98 Å². The summed E-state index contributed by atoms with van der Waals surface area (Å²) in [6.45, 7) is 1.29. The summed E-state index contributed by atoms with van der Waals surface area (Å²) in [5.41, 5.74) is 1.44. The Bertz CT molecular complexity index is 841. The molecule has 2 aromatic rings. The third kappa shape index (κ3) is 5.13. The third-order valence-corrected chi connectivity index (χ3v) is 4.71. The molecule has 1 heterocycles. The molecular weight excluding hydrogens is 354 g/mol. The number of anilines is 3. The van der Waals surface area contributed by atoms with Gasteiger partial charge in [-0.15, -0.1) is 6.42 Å². The van der Waals surface area contributed by atoms with Gasteiger partial charge in [-0.1, -0.05) is 12.3 Å². The zero-order chi connectivity index (χ0) is 19.8. The van der Waals surface area contributed by atoms with Gasteiger partial charge in [0, 0.05) is 24.7 Å². The van der Waals surface area contributed by atoms with E-state index in [1.165, 1.54) is 0 Å². The summed E-state index contributed by atoms with van der Waals surface area (Å²) in [4.78, 5) is 20.6. The largest absolute Gasteiger partial charge is 0.497 e. The van der Waals surface area contributed by atoms with Crippen LogP contribution in [0.3, 0.4) is 0 Å². The van der Waals surface area contributed by atoms with E-state index in [4.69, 9.17) is 11.2 Å². The Morgan fingerprint density at radius 1 is 1.29 bits per heavy atom. The molecule has 0 spiro atoms. The van der Waals surface area contributed by atoms with Gasteiger partial charge in [0.05, 0.1) is 18.9 Å². The molecular formula is C21H25N5O2. The zero-order valence-electron chi connectivity index (χ0n) is 16.0. The molecule has 0 aliphatic heterocycles. The molecule has 0 radical (unpaired) electrons. The number of ether oxygens (including phenoxy) is 1. The van der Waals surface area contributed by atoms with Gasteiger partial charge in [0.15, 0.2) is 0 Å². The normalized spacial score (nSPS) is 13.1. The van der Waals surface area contributed by atoms with Crippen LogP contribution in [-0.4, -0.2) is 36.1 Å². The zero-order valence-corrected chi connectivity index (χ0v) is 16.0. The summed E-state index contributed by atoms with van der Waals surface area (Å²) in [5.74, 6) is 4.80. The predicted octanol–water partition coefficient (Wildman–Crippen LogP) is 2.93. The van der Waals surface area contributed by atoms with Gasteiger partial charge in [-0.05, 0) is 43.5 Å². The van der Waals surface area contributed by atoms with Crippen LogP contribution in [0.2, 0.25) is 0 Å². The van der Waals surface area contributed by atoms with Crippen LogP contribution in [0.1, 0.15) is 31.2 Å². The molecule has 28 heavy (non-hydrogen) atoms. The standard InChI is InChI=1S/C21H25N5O2/c1-3-15-14-24-21(25-17-8-10-18(28-2)11-9-17)26-19(15)22-12-5-13-23-20(27)16-6-4-7-16/h1,8-11,14,16H,4-7,12-13H2,2H3,(H,23,27)(H2,22,24,25,26). The average molecular weight is 379 g/mol. The van der Waals surface area contributed by atoms with Crippen molar-refractivity contribution in [1.29, 1.82) is 0 Å². The number of nitrogens with one attached hydrogen (secondary N) is 3. The fourth-order valence-electron chi connectivity index (χ4n) is 2.81. The van der Waals surface area contributed by atoms with Crippen molar-refractivity contribution in [2.75, 3.05) is 30.8 Å². The predicted molar refractivity (Wildman–Crippen MR) is 110 cm³/mol. The van der Waals surface area contributed by atoms with Gasteiger partial charge in [0.1, 0.15) is 11.6 Å². The van der Waals surface area contributed by atoms with Crippen molar-refractivity contribution >= 4 is 23.4 Å². The third-order valence-electron chi connectivity index (χ3n) is 4.71. The number of rotatable bonds is 9.